The molecule has 2 heterocycles. The predicted molar refractivity (Wildman–Crippen MR) is 64.6 cm³/mol. The molecule has 17 heavy (non-hydrogen) atoms. The normalized spacial score (nSPS) is 11.3. The minimum atomic E-state index is -1.03. The van der Waals surface area contributed by atoms with Gasteiger partial charge in [-0.15, -0.1) is 0 Å². The molecule has 0 aliphatic rings. The van der Waals surface area contributed by atoms with E-state index in [1.807, 2.05) is 19.0 Å². The number of carbonyl (C=O) groups is 1. The van der Waals surface area contributed by atoms with Crippen LogP contribution in [0.3, 0.4) is 0 Å². The first-order valence-corrected chi connectivity index (χ1v) is 5.41. The first kappa shape index (κ1) is 11.9. The Kier molecular flexibility index (Phi) is 3.04. The number of hydrogen-bond acceptors (Lipinski definition) is 3. The van der Waals surface area contributed by atoms with Gasteiger partial charge in [-0.05, 0) is 26.2 Å². The van der Waals surface area contributed by atoms with E-state index in [0.717, 1.165) is 0 Å². The van der Waals surface area contributed by atoms with Gasteiger partial charge in [0.1, 0.15) is 5.82 Å². The van der Waals surface area contributed by atoms with Crippen molar-refractivity contribution in [3.8, 4) is 0 Å². The molecule has 0 bridgehead atoms. The molecule has 0 saturated heterocycles. The predicted octanol–water partition coefficient (Wildman–Crippen LogP) is 1.75. The van der Waals surface area contributed by atoms with Crippen molar-refractivity contribution >= 4 is 23.1 Å². The number of pyridine rings is 1. The maximum atomic E-state index is 11.1. The number of aromatic nitrogens is 2. The molecule has 0 aromatic carbocycles. The Morgan fingerprint density at radius 1 is 1.53 bits per heavy atom. The van der Waals surface area contributed by atoms with Crippen molar-refractivity contribution in [1.29, 1.82) is 0 Å². The first-order chi connectivity index (χ1) is 7.99. The third kappa shape index (κ3) is 2.25. The van der Waals surface area contributed by atoms with E-state index in [4.69, 9.17) is 16.7 Å². The zero-order chi connectivity index (χ0) is 12.6. The van der Waals surface area contributed by atoms with E-state index in [-0.39, 0.29) is 5.69 Å². The number of carboxylic acid groups (broad SMARTS) is 1. The van der Waals surface area contributed by atoms with Gasteiger partial charge in [-0.1, -0.05) is 11.6 Å². The molecule has 0 radical (unpaired) electrons. The minimum absolute atomic E-state index is 0.0542. The monoisotopic (exact) mass is 253 g/mol. The van der Waals surface area contributed by atoms with Crippen molar-refractivity contribution in [3.05, 3.63) is 34.9 Å². The second kappa shape index (κ2) is 4.35. The second-order valence-electron chi connectivity index (χ2n) is 4.02. The Hall–Kier alpha value is -1.59. The zero-order valence-electron chi connectivity index (χ0n) is 9.51. The summed E-state index contributed by atoms with van der Waals surface area (Å²) in [5.74, 6) is -0.375. The van der Waals surface area contributed by atoms with E-state index in [1.54, 1.807) is 22.7 Å². The molecule has 0 amide bonds. The molecule has 0 aliphatic carbocycles. The van der Waals surface area contributed by atoms with Crippen LogP contribution in [0.2, 0.25) is 5.02 Å². The highest BCUT2D eigenvalue weighted by Gasteiger charge is 2.16. The van der Waals surface area contributed by atoms with Crippen LogP contribution in [0.25, 0.3) is 5.52 Å². The van der Waals surface area contributed by atoms with E-state index in [0.29, 0.717) is 22.9 Å². The molecule has 1 N–H and O–H groups in total. The number of aromatic carboxylic acids is 1. The number of hydrogen-bond donors (Lipinski definition) is 1. The average Bonchev–Trinajstić information content (AvgIpc) is 2.56. The Balaban J connectivity index is 2.66. The first-order valence-electron chi connectivity index (χ1n) is 5.03. The summed E-state index contributed by atoms with van der Waals surface area (Å²) in [6, 6.07) is 3.32. The molecular formula is C11H12ClN3O2. The summed E-state index contributed by atoms with van der Waals surface area (Å²) in [7, 11) is 3.79. The minimum Gasteiger partial charge on any atom is -0.476 e. The lowest BCUT2D eigenvalue weighted by atomic mass is 10.3. The van der Waals surface area contributed by atoms with Crippen molar-refractivity contribution in [2.24, 2.45) is 0 Å². The van der Waals surface area contributed by atoms with E-state index in [1.165, 1.54) is 0 Å². The average molecular weight is 254 g/mol. The number of halogens is 1. The lowest BCUT2D eigenvalue weighted by molar-refractivity contribution is 0.0693. The summed E-state index contributed by atoms with van der Waals surface area (Å²) in [4.78, 5) is 17.1. The number of carboxylic acids is 1. The Morgan fingerprint density at radius 2 is 2.24 bits per heavy atom. The lowest BCUT2D eigenvalue weighted by Gasteiger charge is -2.08. The quantitative estimate of drug-likeness (QED) is 0.905. The second-order valence-corrected chi connectivity index (χ2v) is 4.46. The standard InChI is InChI=1S/C11H12ClN3O2/c1-14(2)6-9-13-10(11(16)17)8-4-3-7(12)5-15(8)9/h3-5H,6H2,1-2H3,(H,16,17). The SMILES string of the molecule is CN(C)Cc1nc(C(=O)O)c2ccc(Cl)cn12. The molecule has 2 rings (SSSR count). The Bertz CT molecular complexity index is 577. The summed E-state index contributed by atoms with van der Waals surface area (Å²) in [6.07, 6.45) is 1.68. The van der Waals surface area contributed by atoms with Crippen molar-refractivity contribution in [3.63, 3.8) is 0 Å². The van der Waals surface area contributed by atoms with Crippen molar-refractivity contribution in [2.75, 3.05) is 14.1 Å². The van der Waals surface area contributed by atoms with Crippen LogP contribution in [0.4, 0.5) is 0 Å². The van der Waals surface area contributed by atoms with Gasteiger partial charge in [-0.25, -0.2) is 9.78 Å². The van der Waals surface area contributed by atoms with Crippen LogP contribution >= 0.6 is 11.6 Å². The molecule has 2 aromatic rings. The number of fused-ring (bicyclic) bond motifs is 1. The highest BCUT2D eigenvalue weighted by molar-refractivity contribution is 6.30. The third-order valence-corrected chi connectivity index (χ3v) is 2.56. The fraction of sp³-hybridized carbons (Fsp3) is 0.273. The molecule has 2 aromatic heterocycles. The van der Waals surface area contributed by atoms with E-state index < -0.39 is 5.97 Å². The molecule has 0 unspecified atom stereocenters. The van der Waals surface area contributed by atoms with Gasteiger partial charge in [0.15, 0.2) is 5.69 Å². The molecule has 6 heteroatoms. The highest BCUT2D eigenvalue weighted by atomic mass is 35.5. The highest BCUT2D eigenvalue weighted by Crippen LogP contribution is 2.18. The summed E-state index contributed by atoms with van der Waals surface area (Å²) in [5, 5.41) is 9.63. The number of rotatable bonds is 3. The van der Waals surface area contributed by atoms with Crippen molar-refractivity contribution in [2.45, 2.75) is 6.54 Å². The molecule has 90 valence electrons. The van der Waals surface area contributed by atoms with Crippen LogP contribution in [0, 0.1) is 0 Å². The van der Waals surface area contributed by atoms with Crippen LogP contribution in [-0.2, 0) is 6.54 Å². The van der Waals surface area contributed by atoms with Gasteiger partial charge in [-0.3, -0.25) is 0 Å². The molecule has 0 aliphatic heterocycles. The van der Waals surface area contributed by atoms with Gasteiger partial charge < -0.3 is 14.4 Å². The lowest BCUT2D eigenvalue weighted by Crippen LogP contribution is -2.13. The van der Waals surface area contributed by atoms with Gasteiger partial charge in [0, 0.05) is 6.20 Å². The van der Waals surface area contributed by atoms with Crippen LogP contribution in [0.1, 0.15) is 16.3 Å². The fourth-order valence-corrected chi connectivity index (χ4v) is 1.83. The molecular weight excluding hydrogens is 242 g/mol. The van der Waals surface area contributed by atoms with Gasteiger partial charge in [0.05, 0.1) is 17.1 Å². The molecule has 5 nitrogen and oxygen atoms in total. The van der Waals surface area contributed by atoms with Gasteiger partial charge >= 0.3 is 5.97 Å². The molecule has 0 fully saturated rings. The van der Waals surface area contributed by atoms with Crippen LogP contribution < -0.4 is 0 Å². The maximum Gasteiger partial charge on any atom is 0.356 e. The van der Waals surface area contributed by atoms with E-state index >= 15 is 0 Å². The molecule has 0 atom stereocenters. The van der Waals surface area contributed by atoms with E-state index in [9.17, 15) is 4.79 Å². The maximum absolute atomic E-state index is 11.1. The topological polar surface area (TPSA) is 57.8 Å². The van der Waals surface area contributed by atoms with Crippen molar-refractivity contribution in [1.82, 2.24) is 14.3 Å². The summed E-state index contributed by atoms with van der Waals surface area (Å²) < 4.78 is 1.71. The van der Waals surface area contributed by atoms with Gasteiger partial charge in [0.2, 0.25) is 0 Å². The Labute approximate surface area is 103 Å². The van der Waals surface area contributed by atoms with Crippen LogP contribution in [0.15, 0.2) is 18.3 Å². The third-order valence-electron chi connectivity index (χ3n) is 2.33. The number of nitrogens with zero attached hydrogens (tertiary/aromatic N) is 3. The number of imidazole rings is 1. The van der Waals surface area contributed by atoms with Gasteiger partial charge in [0.25, 0.3) is 0 Å². The summed E-state index contributed by atoms with van der Waals surface area (Å²) >= 11 is 5.91. The molecule has 0 saturated carbocycles. The smallest absolute Gasteiger partial charge is 0.356 e. The molecule has 0 spiro atoms. The van der Waals surface area contributed by atoms with Gasteiger partial charge in [-0.2, -0.15) is 0 Å². The van der Waals surface area contributed by atoms with Crippen LogP contribution in [-0.4, -0.2) is 39.5 Å². The van der Waals surface area contributed by atoms with Crippen LogP contribution in [0.5, 0.6) is 0 Å². The van der Waals surface area contributed by atoms with Crippen molar-refractivity contribution < 1.29 is 9.90 Å². The fourth-order valence-electron chi connectivity index (χ4n) is 1.67. The zero-order valence-corrected chi connectivity index (χ0v) is 10.3. The largest absolute Gasteiger partial charge is 0.476 e. The van der Waals surface area contributed by atoms with E-state index in [2.05, 4.69) is 4.98 Å². The summed E-state index contributed by atoms with van der Waals surface area (Å²) in [6.45, 7) is 0.550. The summed E-state index contributed by atoms with van der Waals surface area (Å²) in [5.41, 5.74) is 0.609. The Morgan fingerprint density at radius 3 is 2.82 bits per heavy atom.